The molecule has 0 bridgehead atoms. The van der Waals surface area contributed by atoms with E-state index in [2.05, 4.69) is 74.8 Å². The summed E-state index contributed by atoms with van der Waals surface area (Å²) in [6.07, 6.45) is 8.75. The molecule has 4 fully saturated rings. The van der Waals surface area contributed by atoms with Gasteiger partial charge in [-0.05, 0) is 113 Å². The molecule has 10 rings (SSSR count). The van der Waals surface area contributed by atoms with E-state index in [0.29, 0.717) is 21.4 Å². The minimum atomic E-state index is -0.877. The fraction of sp³-hybridized carbons (Fsp3) is 0.441. The summed E-state index contributed by atoms with van der Waals surface area (Å²) in [5, 5.41) is 27.7. The van der Waals surface area contributed by atoms with Gasteiger partial charge >= 0.3 is 0 Å². The maximum absolute atomic E-state index is 14.8. The molecule has 6 N–H and O–H groups in total. The fourth-order valence-corrected chi connectivity index (χ4v) is 13.4. The molecule has 0 spiro atoms. The highest BCUT2D eigenvalue weighted by Gasteiger charge is 2.47. The molecule has 2 aliphatic carbocycles. The Morgan fingerprint density at radius 1 is 0.533 bits per heavy atom. The number of ether oxygens (including phenoxy) is 2. The Morgan fingerprint density at radius 2 is 0.911 bits per heavy atom. The summed E-state index contributed by atoms with van der Waals surface area (Å²) < 4.78 is 21.2. The van der Waals surface area contributed by atoms with Crippen LogP contribution < -0.4 is 31.9 Å². The second-order valence-corrected chi connectivity index (χ2v) is 25.2. The van der Waals surface area contributed by atoms with Crippen LogP contribution in [0.25, 0.3) is 22.5 Å². The third kappa shape index (κ3) is 16.6. The minimum absolute atomic E-state index is 0.0635. The normalized spacial score (nSPS) is 19.9. The highest BCUT2D eigenvalue weighted by atomic mass is 32.1. The number of carbonyl (C=O) groups excluding carboxylic acids is 6. The van der Waals surface area contributed by atoms with Gasteiger partial charge in [-0.1, -0.05) is 144 Å². The number of rotatable bonds is 22. The van der Waals surface area contributed by atoms with Crippen molar-refractivity contribution in [2.24, 2.45) is 11.8 Å². The van der Waals surface area contributed by atoms with Crippen molar-refractivity contribution in [1.82, 2.24) is 50.2 Å². The lowest BCUT2D eigenvalue weighted by atomic mass is 9.83. The third-order valence-electron chi connectivity index (χ3n) is 17.6. The van der Waals surface area contributed by atoms with Gasteiger partial charge in [-0.25, -0.2) is 0 Å². The van der Waals surface area contributed by atoms with E-state index < -0.39 is 48.5 Å². The van der Waals surface area contributed by atoms with Crippen LogP contribution in [0.4, 0.5) is 10.0 Å². The highest BCUT2D eigenvalue weighted by molar-refractivity contribution is 7.11. The van der Waals surface area contributed by atoms with Crippen LogP contribution in [0, 0.1) is 35.5 Å². The second kappa shape index (κ2) is 31.5. The van der Waals surface area contributed by atoms with Crippen molar-refractivity contribution in [3.8, 4) is 46.2 Å². The van der Waals surface area contributed by atoms with Crippen molar-refractivity contribution in [1.29, 1.82) is 0 Å². The smallest absolute Gasteiger partial charge is 0.247 e. The number of hydrogen-bond acceptors (Lipinski definition) is 16. The van der Waals surface area contributed by atoms with Crippen molar-refractivity contribution >= 4 is 68.5 Å². The van der Waals surface area contributed by atoms with E-state index in [1.54, 1.807) is 37.7 Å². The van der Waals surface area contributed by atoms with Gasteiger partial charge in [0, 0.05) is 71.2 Å². The highest BCUT2D eigenvalue weighted by Crippen LogP contribution is 2.36. The third-order valence-corrected chi connectivity index (χ3v) is 18.9. The first kappa shape index (κ1) is 64.8. The zero-order valence-electron chi connectivity index (χ0n) is 51.2. The van der Waals surface area contributed by atoms with Crippen molar-refractivity contribution in [3.05, 3.63) is 131 Å². The molecule has 4 aromatic carbocycles. The summed E-state index contributed by atoms with van der Waals surface area (Å²) in [5.41, 5.74) is 5.97. The number of likely N-dealkylation sites (tertiary alicyclic amines) is 2. The summed E-state index contributed by atoms with van der Waals surface area (Å²) in [6.45, 7) is 4.30. The van der Waals surface area contributed by atoms with Gasteiger partial charge < -0.3 is 51.2 Å². The first-order valence-corrected chi connectivity index (χ1v) is 32.7. The standard InChI is InChI=1S/C68H78N12O8S2/c1-43(69-3)61(81)71-59(51-25-13-7-14-26-51)67(85)79-39-53(37-55(79)63(83)73-65-57(75-77-89-65)49-21-9-5-10-22-49)87-41-47-33-29-45(30-34-47)19-17-18-20-46-31-35-48(36-32-46)42-88-54-38-56(64(84)74-66-58(76-78-90-66)50-23-11-6-12-24-50)80(40-54)68(86)60(52-27-15-8-16-28-52)72-62(82)44(2)70-4/h5-6,9-12,21-24,29-36,43-44,51-56,59-60,69-70H,7-8,13-16,25-28,37-42H2,1-4H3,(H,71,81)(H,72,82)(H,73,83)(H,74,84)/t43-,44-,53-,54?,55-,56-,59-,60-/m0/s1. The summed E-state index contributed by atoms with van der Waals surface area (Å²) in [6, 6.07) is 29.9. The average Bonchev–Trinajstić information content (AvgIpc) is 1.86. The predicted octanol–water partition coefficient (Wildman–Crippen LogP) is 7.72. The minimum Gasteiger partial charge on any atom is -0.372 e. The van der Waals surface area contributed by atoms with Crippen molar-refractivity contribution < 1.29 is 38.2 Å². The van der Waals surface area contributed by atoms with E-state index >= 15 is 0 Å². The number of hydrogen-bond donors (Lipinski definition) is 6. The molecule has 2 aliphatic heterocycles. The lowest BCUT2D eigenvalue weighted by Crippen LogP contribution is -2.57. The average molecular weight is 1260 g/mol. The molecule has 8 atom stereocenters. The van der Waals surface area contributed by atoms with Crippen LogP contribution in [0.2, 0.25) is 0 Å². The predicted molar refractivity (Wildman–Crippen MR) is 346 cm³/mol. The summed E-state index contributed by atoms with van der Waals surface area (Å²) in [4.78, 5) is 88.2. The maximum atomic E-state index is 14.8. The molecular weight excluding hydrogens is 1180 g/mol. The SMILES string of the molecule is CN[C@@H](C)C(=O)N[C@H](C(=O)N1CC(OCc2ccc(C#CC#Cc3ccc(CO[C@H]4C[C@@H](C(=O)Nc5snnc5-c5ccccc5)N(C(=O)[C@@H](NC(=O)[C@H](C)NC)C5CCCCC5)C4)cc3)cc2)C[C@H]1C(=O)Nc1snnc1-c1ccccc1)C1CCCCC1. The lowest BCUT2D eigenvalue weighted by molar-refractivity contribution is -0.142. The van der Waals surface area contributed by atoms with Crippen LogP contribution in [0.15, 0.2) is 109 Å². The molecule has 20 nitrogen and oxygen atoms in total. The summed E-state index contributed by atoms with van der Waals surface area (Å²) in [5.74, 6) is 10.1. The zero-order chi connectivity index (χ0) is 62.9. The molecule has 2 saturated carbocycles. The molecule has 2 saturated heterocycles. The number of benzene rings is 4. The molecule has 4 aliphatic rings. The molecule has 470 valence electrons. The molecule has 90 heavy (non-hydrogen) atoms. The lowest BCUT2D eigenvalue weighted by Gasteiger charge is -2.35. The number of anilines is 2. The van der Waals surface area contributed by atoms with Crippen LogP contribution in [0.1, 0.15) is 113 Å². The number of nitrogens with one attached hydrogen (secondary N) is 6. The number of carbonyl (C=O) groups is 6. The molecule has 0 radical (unpaired) electrons. The van der Waals surface area contributed by atoms with E-state index in [1.807, 2.05) is 109 Å². The maximum Gasteiger partial charge on any atom is 0.247 e. The monoisotopic (exact) mass is 1250 g/mol. The van der Waals surface area contributed by atoms with Gasteiger partial charge in [-0.3, -0.25) is 28.8 Å². The Kier molecular flexibility index (Phi) is 22.7. The van der Waals surface area contributed by atoms with Gasteiger partial charge in [0.25, 0.3) is 0 Å². The fourth-order valence-electron chi connectivity index (χ4n) is 12.2. The first-order valence-electron chi connectivity index (χ1n) is 31.2. The van der Waals surface area contributed by atoms with Crippen molar-refractivity contribution in [2.45, 2.75) is 153 Å². The van der Waals surface area contributed by atoms with E-state index in [-0.39, 0.29) is 86.4 Å². The van der Waals surface area contributed by atoms with Gasteiger partial charge in [-0.2, -0.15) is 0 Å². The molecule has 2 aromatic heterocycles. The Hall–Kier alpha value is -8.22. The van der Waals surface area contributed by atoms with Crippen molar-refractivity contribution in [2.75, 3.05) is 37.8 Å². The summed E-state index contributed by atoms with van der Waals surface area (Å²) >= 11 is 2.14. The van der Waals surface area contributed by atoms with Crippen LogP contribution >= 0.6 is 23.1 Å². The molecule has 1 unspecified atom stereocenters. The Balaban J connectivity index is 0.757. The van der Waals surface area contributed by atoms with E-state index in [1.165, 1.54) is 0 Å². The molecule has 4 heterocycles. The molecule has 22 heteroatoms. The summed E-state index contributed by atoms with van der Waals surface area (Å²) in [7, 11) is 3.41. The number of amides is 6. The van der Waals surface area contributed by atoms with Gasteiger partial charge in [0.2, 0.25) is 35.4 Å². The molecule has 6 aromatic rings. The van der Waals surface area contributed by atoms with Crippen LogP contribution in [0.3, 0.4) is 0 Å². The van der Waals surface area contributed by atoms with Crippen molar-refractivity contribution in [3.63, 3.8) is 0 Å². The molecular formula is C68H78N12O8S2. The van der Waals surface area contributed by atoms with Gasteiger partial charge in [0.15, 0.2) is 0 Å². The Labute approximate surface area is 534 Å². The Morgan fingerprint density at radius 3 is 1.28 bits per heavy atom. The topological polar surface area (TPSA) is 251 Å². The number of likely N-dealkylation sites (N-methyl/N-ethyl adjacent to an activating group) is 2. The van der Waals surface area contributed by atoms with E-state index in [0.717, 1.165) is 121 Å². The van der Waals surface area contributed by atoms with E-state index in [4.69, 9.17) is 9.47 Å². The van der Waals surface area contributed by atoms with Gasteiger partial charge in [-0.15, -0.1) is 10.2 Å². The number of aromatic nitrogens is 4. The van der Waals surface area contributed by atoms with E-state index in [9.17, 15) is 28.8 Å². The Bertz CT molecular complexity index is 3320. The second-order valence-electron chi connectivity index (χ2n) is 23.6. The quantitative estimate of drug-likeness (QED) is 0.0356. The molecule has 6 amide bonds. The van der Waals surface area contributed by atoms with Crippen LogP contribution in [-0.4, -0.2) is 140 Å². The zero-order valence-corrected chi connectivity index (χ0v) is 52.9. The first-order chi connectivity index (χ1) is 43.8. The van der Waals surface area contributed by atoms with Crippen LogP contribution in [0.5, 0.6) is 0 Å². The number of nitrogens with zero attached hydrogens (tertiary/aromatic N) is 6. The van der Waals surface area contributed by atoms with Gasteiger partial charge in [0.05, 0.1) is 37.5 Å². The van der Waals surface area contributed by atoms with Gasteiger partial charge in [0.1, 0.15) is 45.6 Å². The van der Waals surface area contributed by atoms with Crippen LogP contribution in [-0.2, 0) is 51.5 Å². The largest absolute Gasteiger partial charge is 0.372 e.